The van der Waals surface area contributed by atoms with Crippen LogP contribution in [0.1, 0.15) is 24.6 Å². The van der Waals surface area contributed by atoms with Gasteiger partial charge in [-0.3, -0.25) is 0 Å². The molecule has 0 atom stereocenters. The summed E-state index contributed by atoms with van der Waals surface area (Å²) in [6, 6.07) is 8.14. The number of carbonyl (C=O) groups is 1. The van der Waals surface area contributed by atoms with E-state index in [0.29, 0.717) is 12.2 Å². The number of fused-ring (bicyclic) bond motifs is 3. The first kappa shape index (κ1) is 12.8. The van der Waals surface area contributed by atoms with Crippen LogP contribution in [-0.2, 0) is 16.0 Å². The first-order valence-electron chi connectivity index (χ1n) is 7.02. The minimum atomic E-state index is -0.269. The van der Waals surface area contributed by atoms with Crippen molar-refractivity contribution in [2.24, 2.45) is 0 Å². The molecule has 20 heavy (non-hydrogen) atoms. The fraction of sp³-hybridized carbons (Fsp3) is 0.312. The van der Waals surface area contributed by atoms with E-state index in [4.69, 9.17) is 4.74 Å². The molecule has 1 aliphatic heterocycles. The van der Waals surface area contributed by atoms with Crippen LogP contribution in [-0.4, -0.2) is 24.1 Å². The maximum atomic E-state index is 12.2. The Balaban J connectivity index is 2.05. The average molecular weight is 270 g/mol. The van der Waals surface area contributed by atoms with Gasteiger partial charge >= 0.3 is 5.97 Å². The predicted octanol–water partition coefficient (Wildman–Crippen LogP) is 2.61. The lowest BCUT2D eigenvalue weighted by atomic mass is 10.0. The summed E-state index contributed by atoms with van der Waals surface area (Å²) in [6.07, 6.45) is 3.48. The number of para-hydroxylation sites is 1. The summed E-state index contributed by atoms with van der Waals surface area (Å²) in [4.78, 5) is 15.6. The number of nitrogens with one attached hydrogen (secondary N) is 2. The molecule has 4 nitrogen and oxygen atoms in total. The number of aromatic nitrogens is 1. The molecule has 2 N–H and O–H groups in total. The molecule has 0 spiro atoms. The summed E-state index contributed by atoms with van der Waals surface area (Å²) in [7, 11) is 0. The van der Waals surface area contributed by atoms with Gasteiger partial charge in [-0.05, 0) is 24.5 Å². The molecule has 2 aromatic rings. The van der Waals surface area contributed by atoms with Crippen molar-refractivity contribution in [3.8, 4) is 0 Å². The van der Waals surface area contributed by atoms with Crippen LogP contribution in [0.2, 0.25) is 0 Å². The van der Waals surface area contributed by atoms with E-state index in [9.17, 15) is 4.79 Å². The van der Waals surface area contributed by atoms with Crippen molar-refractivity contribution < 1.29 is 9.53 Å². The Morgan fingerprint density at radius 3 is 3.05 bits per heavy atom. The maximum Gasteiger partial charge on any atom is 0.341 e. The minimum absolute atomic E-state index is 0.269. The molecule has 2 heterocycles. The summed E-state index contributed by atoms with van der Waals surface area (Å²) in [5.41, 5.74) is 3.72. The molecule has 0 aliphatic carbocycles. The van der Waals surface area contributed by atoms with E-state index in [2.05, 4.69) is 16.4 Å². The van der Waals surface area contributed by atoms with Crippen molar-refractivity contribution in [1.29, 1.82) is 0 Å². The molecule has 1 aliphatic rings. The zero-order valence-corrected chi connectivity index (χ0v) is 11.5. The van der Waals surface area contributed by atoms with Gasteiger partial charge in [0.15, 0.2) is 0 Å². The third-order valence-electron chi connectivity index (χ3n) is 3.51. The van der Waals surface area contributed by atoms with Crippen molar-refractivity contribution in [2.75, 3.05) is 13.2 Å². The summed E-state index contributed by atoms with van der Waals surface area (Å²) in [5.74, 6) is -0.269. The van der Waals surface area contributed by atoms with E-state index >= 15 is 0 Å². The van der Waals surface area contributed by atoms with Crippen LogP contribution >= 0.6 is 0 Å². The first-order chi connectivity index (χ1) is 9.81. The zero-order chi connectivity index (χ0) is 13.9. The highest BCUT2D eigenvalue weighted by molar-refractivity contribution is 6.17. The fourth-order valence-corrected chi connectivity index (χ4v) is 2.57. The van der Waals surface area contributed by atoms with Gasteiger partial charge in [-0.25, -0.2) is 4.79 Å². The molecule has 0 saturated heterocycles. The normalized spacial score (nSPS) is 14.2. The van der Waals surface area contributed by atoms with Crippen LogP contribution in [0.25, 0.3) is 16.5 Å². The van der Waals surface area contributed by atoms with E-state index in [1.807, 2.05) is 25.1 Å². The molecule has 3 rings (SSSR count). The molecule has 1 aromatic carbocycles. The van der Waals surface area contributed by atoms with Gasteiger partial charge in [-0.15, -0.1) is 0 Å². The van der Waals surface area contributed by atoms with Gasteiger partial charge in [0.1, 0.15) is 0 Å². The maximum absolute atomic E-state index is 12.2. The lowest BCUT2D eigenvalue weighted by molar-refractivity contribution is -0.136. The molecule has 0 bridgehead atoms. The Kier molecular flexibility index (Phi) is 3.46. The second-order valence-corrected chi connectivity index (χ2v) is 4.92. The standard InChI is InChI=1S/C16H18N2O2/c1-2-9-20-16(19)13-10-17-8-7-12-11-5-3-4-6-14(11)18-15(12)13/h3-6,10,17-18H,2,7-9H2,1H3. The molecule has 0 radical (unpaired) electrons. The number of esters is 1. The van der Waals surface area contributed by atoms with Gasteiger partial charge in [-0.1, -0.05) is 25.1 Å². The Bertz CT molecular complexity index is 670. The number of rotatable bonds is 3. The lowest BCUT2D eigenvalue weighted by Gasteiger charge is -2.06. The minimum Gasteiger partial charge on any atom is -0.462 e. The van der Waals surface area contributed by atoms with Gasteiger partial charge in [0.05, 0.1) is 17.9 Å². The number of benzene rings is 1. The van der Waals surface area contributed by atoms with E-state index in [0.717, 1.165) is 30.6 Å². The molecule has 0 unspecified atom stereocenters. The van der Waals surface area contributed by atoms with E-state index < -0.39 is 0 Å². The molecule has 0 fully saturated rings. The zero-order valence-electron chi connectivity index (χ0n) is 11.5. The predicted molar refractivity (Wildman–Crippen MR) is 79.2 cm³/mol. The Morgan fingerprint density at radius 1 is 1.35 bits per heavy atom. The Labute approximate surface area is 117 Å². The molecule has 104 valence electrons. The van der Waals surface area contributed by atoms with Crippen LogP contribution in [0, 0.1) is 0 Å². The van der Waals surface area contributed by atoms with Crippen LogP contribution in [0.15, 0.2) is 30.5 Å². The highest BCUT2D eigenvalue weighted by Crippen LogP contribution is 2.29. The van der Waals surface area contributed by atoms with Crippen molar-refractivity contribution in [2.45, 2.75) is 19.8 Å². The monoisotopic (exact) mass is 270 g/mol. The number of hydrogen-bond acceptors (Lipinski definition) is 3. The second-order valence-electron chi connectivity index (χ2n) is 4.92. The van der Waals surface area contributed by atoms with Crippen molar-refractivity contribution in [1.82, 2.24) is 10.3 Å². The summed E-state index contributed by atoms with van der Waals surface area (Å²) < 4.78 is 5.27. The van der Waals surface area contributed by atoms with Crippen LogP contribution in [0.3, 0.4) is 0 Å². The second kappa shape index (κ2) is 5.41. The summed E-state index contributed by atoms with van der Waals surface area (Å²) >= 11 is 0. The van der Waals surface area contributed by atoms with Crippen molar-refractivity contribution in [3.05, 3.63) is 41.7 Å². The van der Waals surface area contributed by atoms with Gasteiger partial charge in [-0.2, -0.15) is 0 Å². The number of H-pyrrole nitrogens is 1. The van der Waals surface area contributed by atoms with Crippen LogP contribution in [0.4, 0.5) is 0 Å². The van der Waals surface area contributed by atoms with Crippen molar-refractivity contribution in [3.63, 3.8) is 0 Å². The third-order valence-corrected chi connectivity index (χ3v) is 3.51. The lowest BCUT2D eigenvalue weighted by Crippen LogP contribution is -2.11. The van der Waals surface area contributed by atoms with Crippen LogP contribution < -0.4 is 5.32 Å². The largest absolute Gasteiger partial charge is 0.462 e. The van der Waals surface area contributed by atoms with E-state index in [1.165, 1.54) is 10.9 Å². The SMILES string of the molecule is CCCOC(=O)C1=CNCCc2c1[nH]c1ccccc21. The molecular weight excluding hydrogens is 252 g/mol. The first-order valence-corrected chi connectivity index (χ1v) is 7.02. The molecule has 0 saturated carbocycles. The van der Waals surface area contributed by atoms with Crippen molar-refractivity contribution >= 4 is 22.4 Å². The highest BCUT2D eigenvalue weighted by atomic mass is 16.5. The number of ether oxygens (including phenoxy) is 1. The number of carbonyl (C=O) groups excluding carboxylic acids is 1. The van der Waals surface area contributed by atoms with Gasteiger partial charge in [0, 0.05) is 23.6 Å². The van der Waals surface area contributed by atoms with E-state index in [1.54, 1.807) is 6.20 Å². The topological polar surface area (TPSA) is 54.1 Å². The van der Waals surface area contributed by atoms with E-state index in [-0.39, 0.29) is 5.97 Å². The summed E-state index contributed by atoms with van der Waals surface area (Å²) in [6.45, 7) is 3.26. The van der Waals surface area contributed by atoms with Crippen LogP contribution in [0.5, 0.6) is 0 Å². The van der Waals surface area contributed by atoms with Gasteiger partial charge < -0.3 is 15.0 Å². The molecular formula is C16H18N2O2. The molecule has 4 heteroatoms. The van der Waals surface area contributed by atoms with Gasteiger partial charge in [0.2, 0.25) is 0 Å². The molecule has 1 aromatic heterocycles. The Morgan fingerprint density at radius 2 is 2.20 bits per heavy atom. The fourth-order valence-electron chi connectivity index (χ4n) is 2.57. The Hall–Kier alpha value is -2.23. The number of aromatic amines is 1. The average Bonchev–Trinajstić information content (AvgIpc) is 2.70. The summed E-state index contributed by atoms with van der Waals surface area (Å²) in [5, 5.41) is 4.35. The smallest absolute Gasteiger partial charge is 0.341 e. The number of hydrogen-bond donors (Lipinski definition) is 2. The highest BCUT2D eigenvalue weighted by Gasteiger charge is 2.22. The third kappa shape index (κ3) is 2.18. The van der Waals surface area contributed by atoms with Gasteiger partial charge in [0.25, 0.3) is 0 Å². The molecule has 0 amide bonds. The quantitative estimate of drug-likeness (QED) is 0.843.